The first kappa shape index (κ1) is 12.3. The summed E-state index contributed by atoms with van der Waals surface area (Å²) in [5, 5.41) is 3.49. The van der Waals surface area contributed by atoms with Gasteiger partial charge in [0.2, 0.25) is 0 Å². The molecule has 0 saturated heterocycles. The van der Waals surface area contributed by atoms with Crippen LogP contribution in [0.25, 0.3) is 0 Å². The van der Waals surface area contributed by atoms with Crippen LogP contribution in [-0.4, -0.2) is 16.0 Å². The summed E-state index contributed by atoms with van der Waals surface area (Å²) in [6, 6.07) is 11.1. The summed E-state index contributed by atoms with van der Waals surface area (Å²) in [4.78, 5) is 9.01. The molecular weight excluding hydrogens is 234 g/mol. The minimum absolute atomic E-state index is 0.717. The molecule has 1 N–H and O–H groups in total. The van der Waals surface area contributed by atoms with Gasteiger partial charge in [0.05, 0.1) is 5.69 Å². The molecule has 1 aromatic heterocycles. The van der Waals surface area contributed by atoms with Gasteiger partial charge >= 0.3 is 0 Å². The Balaban J connectivity index is 1.70. The average molecular weight is 253 g/mol. The van der Waals surface area contributed by atoms with Crippen LogP contribution in [0.15, 0.2) is 36.5 Å². The van der Waals surface area contributed by atoms with Crippen LogP contribution in [0.5, 0.6) is 0 Å². The maximum absolute atomic E-state index is 4.64. The van der Waals surface area contributed by atoms with E-state index in [9.17, 15) is 0 Å². The molecular formula is C16H19N3. The van der Waals surface area contributed by atoms with E-state index in [1.807, 2.05) is 12.3 Å². The second-order valence-corrected chi connectivity index (χ2v) is 5.22. The largest absolute Gasteiger partial charge is 0.308 e. The Morgan fingerprint density at radius 3 is 2.84 bits per heavy atom. The van der Waals surface area contributed by atoms with Gasteiger partial charge in [-0.3, -0.25) is 0 Å². The molecule has 98 valence electrons. The van der Waals surface area contributed by atoms with Gasteiger partial charge in [0, 0.05) is 25.2 Å². The lowest BCUT2D eigenvalue weighted by molar-refractivity contribution is 0.668. The second kappa shape index (κ2) is 5.49. The fourth-order valence-corrected chi connectivity index (χ4v) is 2.14. The van der Waals surface area contributed by atoms with Crippen molar-refractivity contribution in [3.8, 4) is 0 Å². The van der Waals surface area contributed by atoms with E-state index in [4.69, 9.17) is 0 Å². The van der Waals surface area contributed by atoms with Crippen molar-refractivity contribution in [3.63, 3.8) is 0 Å². The number of nitrogens with zero attached hydrogens (tertiary/aromatic N) is 2. The molecule has 1 aromatic carbocycles. The molecule has 1 saturated carbocycles. The molecule has 19 heavy (non-hydrogen) atoms. The van der Waals surface area contributed by atoms with E-state index >= 15 is 0 Å². The molecule has 0 unspecified atom stereocenters. The predicted octanol–water partition coefficient (Wildman–Crippen LogP) is 2.63. The molecule has 1 fully saturated rings. The maximum Gasteiger partial charge on any atom is 0.132 e. The Labute approximate surface area is 114 Å². The zero-order valence-corrected chi connectivity index (χ0v) is 11.3. The summed E-state index contributed by atoms with van der Waals surface area (Å²) < 4.78 is 0. The van der Waals surface area contributed by atoms with Crippen LogP contribution in [0, 0.1) is 6.92 Å². The first-order chi connectivity index (χ1) is 9.31. The average Bonchev–Trinajstić information content (AvgIpc) is 3.24. The Morgan fingerprint density at radius 2 is 2.05 bits per heavy atom. The van der Waals surface area contributed by atoms with Gasteiger partial charge in [-0.15, -0.1) is 0 Å². The lowest BCUT2D eigenvalue weighted by Gasteiger charge is -2.06. The SMILES string of the molecule is Cc1ccccc1Cc1nccc(CNC2CC2)n1. The third-order valence-corrected chi connectivity index (χ3v) is 3.52. The third-order valence-electron chi connectivity index (χ3n) is 3.52. The van der Waals surface area contributed by atoms with Crippen LogP contribution < -0.4 is 5.32 Å². The number of nitrogens with one attached hydrogen (secondary N) is 1. The van der Waals surface area contributed by atoms with Crippen molar-refractivity contribution in [2.75, 3.05) is 0 Å². The molecule has 0 bridgehead atoms. The van der Waals surface area contributed by atoms with Crippen molar-refractivity contribution in [1.82, 2.24) is 15.3 Å². The highest BCUT2D eigenvalue weighted by Crippen LogP contribution is 2.19. The molecule has 1 aliphatic rings. The maximum atomic E-state index is 4.64. The molecule has 0 radical (unpaired) electrons. The lowest BCUT2D eigenvalue weighted by atomic mass is 10.1. The van der Waals surface area contributed by atoms with Crippen molar-refractivity contribution in [2.45, 2.75) is 38.8 Å². The molecule has 3 rings (SSSR count). The lowest BCUT2D eigenvalue weighted by Crippen LogP contribution is -2.16. The van der Waals surface area contributed by atoms with E-state index in [0.29, 0.717) is 0 Å². The highest BCUT2D eigenvalue weighted by molar-refractivity contribution is 5.28. The fraction of sp³-hybridized carbons (Fsp3) is 0.375. The molecule has 0 aliphatic heterocycles. The predicted molar refractivity (Wildman–Crippen MR) is 75.9 cm³/mol. The van der Waals surface area contributed by atoms with Crippen LogP contribution in [0.3, 0.4) is 0 Å². The summed E-state index contributed by atoms with van der Waals surface area (Å²) in [6.45, 7) is 2.99. The van der Waals surface area contributed by atoms with Gasteiger partial charge in [-0.05, 0) is 37.0 Å². The first-order valence-electron chi connectivity index (χ1n) is 6.90. The summed E-state index contributed by atoms with van der Waals surface area (Å²) in [5.41, 5.74) is 3.69. The Morgan fingerprint density at radius 1 is 1.21 bits per heavy atom. The minimum Gasteiger partial charge on any atom is -0.308 e. The molecule has 0 spiro atoms. The summed E-state index contributed by atoms with van der Waals surface area (Å²) in [5.74, 6) is 0.907. The molecule has 3 nitrogen and oxygen atoms in total. The van der Waals surface area contributed by atoms with E-state index in [0.717, 1.165) is 30.5 Å². The second-order valence-electron chi connectivity index (χ2n) is 5.22. The quantitative estimate of drug-likeness (QED) is 0.890. The van der Waals surface area contributed by atoms with Crippen LogP contribution in [0.4, 0.5) is 0 Å². The topological polar surface area (TPSA) is 37.8 Å². The van der Waals surface area contributed by atoms with Crippen LogP contribution >= 0.6 is 0 Å². The van der Waals surface area contributed by atoms with Crippen LogP contribution in [-0.2, 0) is 13.0 Å². The smallest absolute Gasteiger partial charge is 0.132 e. The van der Waals surface area contributed by atoms with Crippen LogP contribution in [0.2, 0.25) is 0 Å². The monoisotopic (exact) mass is 253 g/mol. The highest BCUT2D eigenvalue weighted by Gasteiger charge is 2.20. The van der Waals surface area contributed by atoms with E-state index < -0.39 is 0 Å². The number of hydrogen-bond donors (Lipinski definition) is 1. The number of benzene rings is 1. The van der Waals surface area contributed by atoms with E-state index in [1.54, 1.807) is 0 Å². The van der Waals surface area contributed by atoms with Gasteiger partial charge in [-0.1, -0.05) is 24.3 Å². The van der Waals surface area contributed by atoms with Crippen molar-refractivity contribution in [1.29, 1.82) is 0 Å². The van der Waals surface area contributed by atoms with Gasteiger partial charge in [0.1, 0.15) is 5.82 Å². The van der Waals surface area contributed by atoms with Gasteiger partial charge in [-0.25, -0.2) is 9.97 Å². The van der Waals surface area contributed by atoms with Crippen molar-refractivity contribution in [2.24, 2.45) is 0 Å². The Bertz CT molecular complexity index is 561. The number of aryl methyl sites for hydroxylation is 1. The standard InChI is InChI=1S/C16H19N3/c1-12-4-2-3-5-13(12)10-16-17-9-8-15(19-16)11-18-14-6-7-14/h2-5,8-9,14,18H,6-7,10-11H2,1H3. The molecule has 0 atom stereocenters. The van der Waals surface area contributed by atoms with Crippen molar-refractivity contribution >= 4 is 0 Å². The number of hydrogen-bond acceptors (Lipinski definition) is 3. The number of rotatable bonds is 5. The third kappa shape index (κ3) is 3.38. The van der Waals surface area contributed by atoms with E-state index in [-0.39, 0.29) is 0 Å². The zero-order valence-electron chi connectivity index (χ0n) is 11.3. The Hall–Kier alpha value is -1.74. The van der Waals surface area contributed by atoms with Crippen molar-refractivity contribution in [3.05, 3.63) is 59.2 Å². The fourth-order valence-electron chi connectivity index (χ4n) is 2.14. The molecule has 3 heteroatoms. The number of aromatic nitrogens is 2. The summed E-state index contributed by atoms with van der Waals surface area (Å²) in [6.07, 6.45) is 5.29. The minimum atomic E-state index is 0.717. The van der Waals surface area contributed by atoms with Gasteiger partial charge < -0.3 is 5.32 Å². The zero-order chi connectivity index (χ0) is 13.1. The normalized spacial score (nSPS) is 14.6. The van der Waals surface area contributed by atoms with Gasteiger partial charge in [0.15, 0.2) is 0 Å². The van der Waals surface area contributed by atoms with Gasteiger partial charge in [0.25, 0.3) is 0 Å². The van der Waals surface area contributed by atoms with Gasteiger partial charge in [-0.2, -0.15) is 0 Å². The molecule has 0 amide bonds. The highest BCUT2D eigenvalue weighted by atomic mass is 15.0. The first-order valence-corrected chi connectivity index (χ1v) is 6.90. The summed E-state index contributed by atoms with van der Waals surface area (Å²) >= 11 is 0. The molecule has 2 aromatic rings. The molecule has 1 aliphatic carbocycles. The van der Waals surface area contributed by atoms with E-state index in [1.165, 1.54) is 24.0 Å². The van der Waals surface area contributed by atoms with E-state index in [2.05, 4.69) is 46.5 Å². The van der Waals surface area contributed by atoms with Crippen LogP contribution in [0.1, 0.15) is 35.5 Å². The summed E-state index contributed by atoms with van der Waals surface area (Å²) in [7, 11) is 0. The molecule has 1 heterocycles. The van der Waals surface area contributed by atoms with Crippen molar-refractivity contribution < 1.29 is 0 Å². The Kier molecular flexibility index (Phi) is 3.56.